The zero-order valence-electron chi connectivity index (χ0n) is 7.38. The first-order valence-corrected chi connectivity index (χ1v) is 4.56. The predicted molar refractivity (Wildman–Crippen MR) is 46.9 cm³/mol. The molecule has 1 aliphatic heterocycles. The van der Waals surface area contributed by atoms with Crippen LogP contribution in [0.1, 0.15) is 32.6 Å². The van der Waals surface area contributed by atoms with Gasteiger partial charge in [-0.3, -0.25) is 4.99 Å². The van der Waals surface area contributed by atoms with E-state index >= 15 is 0 Å². The van der Waals surface area contributed by atoms with Gasteiger partial charge >= 0.3 is 0 Å². The van der Waals surface area contributed by atoms with Crippen molar-refractivity contribution in [2.45, 2.75) is 44.7 Å². The number of rotatable bonds is 0. The number of amidine groups is 1. The standard InChI is InChI=1S/C9H16N2/c1-7-10-8-5-3-4-6-9(8)11(7)2/h8-9H,3-6H2,1-2H3. The first-order chi connectivity index (χ1) is 5.29. The van der Waals surface area contributed by atoms with E-state index in [2.05, 4.69) is 23.9 Å². The summed E-state index contributed by atoms with van der Waals surface area (Å²) in [5.74, 6) is 1.24. The van der Waals surface area contributed by atoms with E-state index in [1.54, 1.807) is 0 Å². The molecular formula is C9H16N2. The van der Waals surface area contributed by atoms with E-state index < -0.39 is 0 Å². The maximum Gasteiger partial charge on any atom is 0.0962 e. The molecule has 1 aliphatic carbocycles. The summed E-state index contributed by atoms with van der Waals surface area (Å²) >= 11 is 0. The first kappa shape index (κ1) is 7.14. The van der Waals surface area contributed by atoms with Crippen LogP contribution in [0.3, 0.4) is 0 Å². The minimum absolute atomic E-state index is 0.633. The Morgan fingerprint density at radius 1 is 1.36 bits per heavy atom. The number of hydrogen-bond donors (Lipinski definition) is 0. The average Bonchev–Trinajstić information content (AvgIpc) is 2.30. The van der Waals surface area contributed by atoms with Crippen molar-refractivity contribution >= 4 is 5.84 Å². The molecule has 2 nitrogen and oxygen atoms in total. The smallest absolute Gasteiger partial charge is 0.0962 e. The van der Waals surface area contributed by atoms with E-state index in [-0.39, 0.29) is 0 Å². The van der Waals surface area contributed by atoms with Crippen LogP contribution in [0.5, 0.6) is 0 Å². The topological polar surface area (TPSA) is 15.6 Å². The largest absolute Gasteiger partial charge is 0.359 e. The van der Waals surface area contributed by atoms with Crippen LogP contribution in [0.4, 0.5) is 0 Å². The van der Waals surface area contributed by atoms with Crippen LogP contribution in [-0.4, -0.2) is 29.9 Å². The number of fused-ring (bicyclic) bond motifs is 1. The van der Waals surface area contributed by atoms with Crippen molar-refractivity contribution in [2.75, 3.05) is 7.05 Å². The predicted octanol–water partition coefficient (Wildman–Crippen LogP) is 1.66. The van der Waals surface area contributed by atoms with Gasteiger partial charge in [-0.15, -0.1) is 0 Å². The summed E-state index contributed by atoms with van der Waals surface area (Å²) in [5.41, 5.74) is 0. The lowest BCUT2D eigenvalue weighted by Gasteiger charge is -2.29. The normalized spacial score (nSPS) is 36.9. The molecule has 2 aliphatic rings. The summed E-state index contributed by atoms with van der Waals surface area (Å²) in [6, 6.07) is 1.37. The minimum atomic E-state index is 0.633. The number of nitrogens with zero attached hydrogens (tertiary/aromatic N) is 2. The zero-order valence-corrected chi connectivity index (χ0v) is 7.38. The lowest BCUT2D eigenvalue weighted by atomic mass is 9.91. The third-order valence-electron chi connectivity index (χ3n) is 3.05. The van der Waals surface area contributed by atoms with Crippen LogP contribution < -0.4 is 0 Å². The van der Waals surface area contributed by atoms with Crippen molar-refractivity contribution in [3.8, 4) is 0 Å². The quantitative estimate of drug-likeness (QED) is 0.515. The van der Waals surface area contributed by atoms with Gasteiger partial charge in [0.05, 0.1) is 17.9 Å². The second-order valence-corrected chi connectivity index (χ2v) is 3.71. The lowest BCUT2D eigenvalue weighted by Crippen LogP contribution is -2.37. The molecule has 0 N–H and O–H groups in total. The second kappa shape index (κ2) is 2.50. The number of hydrogen-bond acceptors (Lipinski definition) is 2. The molecule has 0 saturated heterocycles. The maximum absolute atomic E-state index is 4.63. The van der Waals surface area contributed by atoms with Crippen molar-refractivity contribution in [2.24, 2.45) is 4.99 Å². The molecule has 1 fully saturated rings. The van der Waals surface area contributed by atoms with Crippen LogP contribution in [0.25, 0.3) is 0 Å². The third-order valence-corrected chi connectivity index (χ3v) is 3.05. The van der Waals surface area contributed by atoms with Gasteiger partial charge in [0.15, 0.2) is 0 Å². The Morgan fingerprint density at radius 2 is 2.09 bits per heavy atom. The molecule has 1 saturated carbocycles. The van der Waals surface area contributed by atoms with Crippen molar-refractivity contribution < 1.29 is 0 Å². The SMILES string of the molecule is CC1=NC2CCCCC2N1C. The molecule has 0 aromatic heterocycles. The van der Waals surface area contributed by atoms with Crippen molar-refractivity contribution in [1.82, 2.24) is 4.90 Å². The fourth-order valence-electron chi connectivity index (χ4n) is 2.27. The van der Waals surface area contributed by atoms with Crippen LogP contribution in [0, 0.1) is 0 Å². The summed E-state index contributed by atoms with van der Waals surface area (Å²) in [5, 5.41) is 0. The molecular weight excluding hydrogens is 136 g/mol. The van der Waals surface area contributed by atoms with Crippen molar-refractivity contribution in [3.05, 3.63) is 0 Å². The Labute approximate surface area is 68.3 Å². The Bertz CT molecular complexity index is 186. The zero-order chi connectivity index (χ0) is 7.84. The molecule has 0 bridgehead atoms. The van der Waals surface area contributed by atoms with E-state index in [0.717, 1.165) is 6.04 Å². The highest BCUT2D eigenvalue weighted by molar-refractivity contribution is 5.81. The van der Waals surface area contributed by atoms with Crippen molar-refractivity contribution in [1.29, 1.82) is 0 Å². The van der Waals surface area contributed by atoms with Gasteiger partial charge in [-0.1, -0.05) is 12.8 Å². The third kappa shape index (κ3) is 1.05. The second-order valence-electron chi connectivity index (χ2n) is 3.71. The molecule has 2 atom stereocenters. The fourth-order valence-corrected chi connectivity index (χ4v) is 2.27. The van der Waals surface area contributed by atoms with Gasteiger partial charge in [-0.25, -0.2) is 0 Å². The molecule has 2 rings (SSSR count). The van der Waals surface area contributed by atoms with Gasteiger partial charge in [-0.2, -0.15) is 0 Å². The van der Waals surface area contributed by atoms with Gasteiger partial charge in [-0.05, 0) is 19.8 Å². The van der Waals surface area contributed by atoms with Crippen molar-refractivity contribution in [3.63, 3.8) is 0 Å². The van der Waals surface area contributed by atoms with Crippen LogP contribution in [0.2, 0.25) is 0 Å². The Morgan fingerprint density at radius 3 is 2.82 bits per heavy atom. The van der Waals surface area contributed by atoms with Gasteiger partial charge < -0.3 is 4.90 Å². The van der Waals surface area contributed by atoms with E-state index in [1.165, 1.54) is 31.5 Å². The Hall–Kier alpha value is -0.530. The maximum atomic E-state index is 4.63. The Balaban J connectivity index is 2.13. The molecule has 0 radical (unpaired) electrons. The summed E-state index contributed by atoms with van der Waals surface area (Å²) in [7, 11) is 2.18. The summed E-state index contributed by atoms with van der Waals surface area (Å²) < 4.78 is 0. The molecule has 62 valence electrons. The van der Waals surface area contributed by atoms with E-state index in [9.17, 15) is 0 Å². The minimum Gasteiger partial charge on any atom is -0.359 e. The summed E-state index contributed by atoms with van der Waals surface area (Å²) in [6.45, 7) is 2.12. The van der Waals surface area contributed by atoms with Gasteiger partial charge in [0, 0.05) is 7.05 Å². The monoisotopic (exact) mass is 152 g/mol. The van der Waals surface area contributed by atoms with Crippen LogP contribution >= 0.6 is 0 Å². The molecule has 0 spiro atoms. The molecule has 0 aromatic carbocycles. The van der Waals surface area contributed by atoms with E-state index in [0.29, 0.717) is 6.04 Å². The molecule has 11 heavy (non-hydrogen) atoms. The molecule has 0 amide bonds. The van der Waals surface area contributed by atoms with Gasteiger partial charge in [0.2, 0.25) is 0 Å². The summed E-state index contributed by atoms with van der Waals surface area (Å²) in [4.78, 5) is 6.99. The molecule has 1 heterocycles. The highest BCUT2D eigenvalue weighted by atomic mass is 15.3. The molecule has 2 unspecified atom stereocenters. The number of likely N-dealkylation sites (N-methyl/N-ethyl adjacent to an activating group) is 1. The fraction of sp³-hybridized carbons (Fsp3) is 0.889. The lowest BCUT2D eigenvalue weighted by molar-refractivity contribution is 0.275. The van der Waals surface area contributed by atoms with E-state index in [4.69, 9.17) is 0 Å². The Kier molecular flexibility index (Phi) is 1.63. The van der Waals surface area contributed by atoms with Crippen LogP contribution in [-0.2, 0) is 0 Å². The highest BCUT2D eigenvalue weighted by Gasteiger charge is 2.33. The average molecular weight is 152 g/mol. The molecule has 0 aromatic rings. The molecule has 2 heteroatoms. The summed E-state index contributed by atoms with van der Waals surface area (Å²) in [6.07, 6.45) is 5.44. The van der Waals surface area contributed by atoms with Crippen LogP contribution in [0.15, 0.2) is 4.99 Å². The van der Waals surface area contributed by atoms with Gasteiger partial charge in [0.1, 0.15) is 0 Å². The number of aliphatic imine (C=N–C) groups is 1. The van der Waals surface area contributed by atoms with Gasteiger partial charge in [0.25, 0.3) is 0 Å². The first-order valence-electron chi connectivity index (χ1n) is 4.56. The highest BCUT2D eigenvalue weighted by Crippen LogP contribution is 2.29. The van der Waals surface area contributed by atoms with E-state index in [1.807, 2.05) is 0 Å².